The number of benzene rings is 1. The standard InChI is InChI=1S/C20H29N3O2.HI/c1-17(18-9-4-3-5-10-18)23-20(21-13-6-7-15-24-2)22-14-12-19-11-8-16-25-19;/h3-5,8-11,16-17H,6-7,12-15H2,1-2H3,(H2,21,22,23);1H. The molecule has 2 N–H and O–H groups in total. The van der Waals surface area contributed by atoms with Gasteiger partial charge in [0.1, 0.15) is 5.76 Å². The number of halogens is 1. The Morgan fingerprint density at radius 2 is 1.96 bits per heavy atom. The maximum absolute atomic E-state index is 5.38. The maximum atomic E-state index is 5.38. The molecular weight excluding hydrogens is 441 g/mol. The van der Waals surface area contributed by atoms with E-state index in [4.69, 9.17) is 9.15 Å². The number of rotatable bonds is 10. The molecule has 144 valence electrons. The molecule has 1 aromatic heterocycles. The lowest BCUT2D eigenvalue weighted by Gasteiger charge is -2.18. The lowest BCUT2D eigenvalue weighted by Crippen LogP contribution is -2.39. The minimum Gasteiger partial charge on any atom is -0.469 e. The first-order valence-corrected chi connectivity index (χ1v) is 8.90. The van der Waals surface area contributed by atoms with Crippen LogP contribution in [0.4, 0.5) is 0 Å². The summed E-state index contributed by atoms with van der Waals surface area (Å²) >= 11 is 0. The fourth-order valence-corrected chi connectivity index (χ4v) is 2.49. The van der Waals surface area contributed by atoms with Gasteiger partial charge in [-0.15, -0.1) is 24.0 Å². The number of ether oxygens (including phenoxy) is 1. The van der Waals surface area contributed by atoms with Crippen LogP contribution in [0.25, 0.3) is 0 Å². The van der Waals surface area contributed by atoms with Gasteiger partial charge in [0.25, 0.3) is 0 Å². The van der Waals surface area contributed by atoms with Crippen molar-refractivity contribution < 1.29 is 9.15 Å². The summed E-state index contributed by atoms with van der Waals surface area (Å²) in [5.74, 6) is 1.81. The lowest BCUT2D eigenvalue weighted by atomic mass is 10.1. The van der Waals surface area contributed by atoms with E-state index in [9.17, 15) is 0 Å². The van der Waals surface area contributed by atoms with Crippen LogP contribution in [0.15, 0.2) is 58.1 Å². The van der Waals surface area contributed by atoms with Crippen LogP contribution in [-0.4, -0.2) is 32.8 Å². The Hall–Kier alpha value is -1.54. The Morgan fingerprint density at radius 3 is 2.65 bits per heavy atom. The smallest absolute Gasteiger partial charge is 0.191 e. The zero-order valence-electron chi connectivity index (χ0n) is 15.6. The zero-order valence-corrected chi connectivity index (χ0v) is 17.9. The topological polar surface area (TPSA) is 58.8 Å². The molecule has 0 saturated heterocycles. The fraction of sp³-hybridized carbons (Fsp3) is 0.450. The van der Waals surface area contributed by atoms with Gasteiger partial charge in [-0.25, -0.2) is 0 Å². The van der Waals surface area contributed by atoms with Gasteiger partial charge in [-0.2, -0.15) is 0 Å². The van der Waals surface area contributed by atoms with Crippen LogP contribution in [0.3, 0.4) is 0 Å². The zero-order chi connectivity index (χ0) is 17.7. The van der Waals surface area contributed by atoms with Crippen LogP contribution >= 0.6 is 24.0 Å². The van der Waals surface area contributed by atoms with Gasteiger partial charge in [0.2, 0.25) is 0 Å². The van der Waals surface area contributed by atoms with Crippen LogP contribution in [0.2, 0.25) is 0 Å². The first-order chi connectivity index (χ1) is 12.3. The van der Waals surface area contributed by atoms with Crippen LogP contribution < -0.4 is 10.6 Å². The number of methoxy groups -OCH3 is 1. The SMILES string of the molecule is COCCCCN=C(NCCc1ccco1)NC(C)c1ccccc1.I. The monoisotopic (exact) mass is 471 g/mol. The van der Waals surface area contributed by atoms with Crippen LogP contribution in [0.1, 0.15) is 37.1 Å². The van der Waals surface area contributed by atoms with Crippen molar-refractivity contribution in [2.24, 2.45) is 4.99 Å². The van der Waals surface area contributed by atoms with E-state index in [2.05, 4.69) is 46.8 Å². The molecule has 2 aromatic rings. The number of nitrogens with zero attached hydrogens (tertiary/aromatic N) is 1. The third kappa shape index (κ3) is 8.71. The van der Waals surface area contributed by atoms with E-state index in [1.807, 2.05) is 18.2 Å². The Bertz CT molecular complexity index is 603. The molecule has 0 aliphatic heterocycles. The third-order valence-corrected chi connectivity index (χ3v) is 3.92. The van der Waals surface area contributed by atoms with Crippen molar-refractivity contribution in [1.29, 1.82) is 0 Å². The van der Waals surface area contributed by atoms with Gasteiger partial charge in [0, 0.05) is 33.2 Å². The molecule has 1 unspecified atom stereocenters. The Morgan fingerprint density at radius 1 is 1.15 bits per heavy atom. The molecule has 0 aliphatic carbocycles. The number of furan rings is 1. The van der Waals surface area contributed by atoms with Crippen molar-refractivity contribution >= 4 is 29.9 Å². The highest BCUT2D eigenvalue weighted by Crippen LogP contribution is 2.10. The molecular formula is C20H30IN3O2. The van der Waals surface area contributed by atoms with E-state index in [-0.39, 0.29) is 30.0 Å². The van der Waals surface area contributed by atoms with Gasteiger partial charge in [0.15, 0.2) is 5.96 Å². The van der Waals surface area contributed by atoms with E-state index in [1.165, 1.54) is 5.56 Å². The van der Waals surface area contributed by atoms with Gasteiger partial charge in [-0.1, -0.05) is 30.3 Å². The van der Waals surface area contributed by atoms with E-state index < -0.39 is 0 Å². The molecule has 0 bridgehead atoms. The first kappa shape index (κ1) is 22.5. The number of hydrogen-bond donors (Lipinski definition) is 2. The fourth-order valence-electron chi connectivity index (χ4n) is 2.49. The van der Waals surface area contributed by atoms with Crippen LogP contribution in [-0.2, 0) is 11.2 Å². The van der Waals surface area contributed by atoms with E-state index in [1.54, 1.807) is 13.4 Å². The highest BCUT2D eigenvalue weighted by molar-refractivity contribution is 14.0. The number of nitrogens with one attached hydrogen (secondary N) is 2. The summed E-state index contributed by atoms with van der Waals surface area (Å²) in [6.45, 7) is 4.48. The largest absolute Gasteiger partial charge is 0.469 e. The van der Waals surface area contributed by atoms with Crippen LogP contribution in [0.5, 0.6) is 0 Å². The van der Waals surface area contributed by atoms with Gasteiger partial charge >= 0.3 is 0 Å². The predicted octanol–water partition coefficient (Wildman–Crippen LogP) is 4.16. The summed E-state index contributed by atoms with van der Waals surface area (Å²) in [7, 11) is 1.73. The second-order valence-electron chi connectivity index (χ2n) is 5.96. The van der Waals surface area contributed by atoms with Crippen molar-refractivity contribution in [2.45, 2.75) is 32.2 Å². The number of guanidine groups is 1. The third-order valence-electron chi connectivity index (χ3n) is 3.92. The second kappa shape index (κ2) is 13.6. The molecule has 0 fully saturated rings. The van der Waals surface area contributed by atoms with Crippen molar-refractivity contribution in [3.8, 4) is 0 Å². The summed E-state index contributed by atoms with van der Waals surface area (Å²) in [4.78, 5) is 4.69. The van der Waals surface area contributed by atoms with Crippen LogP contribution in [0, 0.1) is 0 Å². The van der Waals surface area contributed by atoms with Gasteiger partial charge in [0.05, 0.1) is 12.3 Å². The Balaban J connectivity index is 0.00000338. The summed E-state index contributed by atoms with van der Waals surface area (Å²) in [6.07, 6.45) is 4.57. The minimum atomic E-state index is 0. The van der Waals surface area contributed by atoms with Crippen molar-refractivity contribution in [1.82, 2.24) is 10.6 Å². The first-order valence-electron chi connectivity index (χ1n) is 8.90. The second-order valence-corrected chi connectivity index (χ2v) is 5.96. The molecule has 0 radical (unpaired) electrons. The van der Waals surface area contributed by atoms with Crippen molar-refractivity contribution in [3.63, 3.8) is 0 Å². The summed E-state index contributed by atoms with van der Waals surface area (Å²) in [5.41, 5.74) is 1.24. The Kier molecular flexibility index (Phi) is 11.8. The van der Waals surface area contributed by atoms with Crippen molar-refractivity contribution in [2.75, 3.05) is 26.8 Å². The number of unbranched alkanes of at least 4 members (excludes halogenated alkanes) is 1. The normalized spacial score (nSPS) is 12.3. The molecule has 1 atom stereocenters. The summed E-state index contributed by atoms with van der Waals surface area (Å²) in [5, 5.41) is 6.88. The highest BCUT2D eigenvalue weighted by Gasteiger charge is 2.07. The molecule has 0 saturated carbocycles. The molecule has 1 heterocycles. The average Bonchev–Trinajstić information content (AvgIpc) is 3.15. The quantitative estimate of drug-likeness (QED) is 0.237. The number of aliphatic imine (C=N–C) groups is 1. The van der Waals surface area contributed by atoms with Gasteiger partial charge in [-0.3, -0.25) is 4.99 Å². The van der Waals surface area contributed by atoms with E-state index in [0.29, 0.717) is 0 Å². The molecule has 0 aliphatic rings. The average molecular weight is 471 g/mol. The van der Waals surface area contributed by atoms with Gasteiger partial charge < -0.3 is 19.8 Å². The molecule has 1 aromatic carbocycles. The molecule has 5 nitrogen and oxygen atoms in total. The van der Waals surface area contributed by atoms with E-state index >= 15 is 0 Å². The molecule has 26 heavy (non-hydrogen) atoms. The number of hydrogen-bond acceptors (Lipinski definition) is 3. The van der Waals surface area contributed by atoms with Crippen molar-refractivity contribution in [3.05, 3.63) is 60.1 Å². The maximum Gasteiger partial charge on any atom is 0.191 e. The molecule has 2 rings (SSSR count). The summed E-state index contributed by atoms with van der Waals surface area (Å²) < 4.78 is 10.5. The van der Waals surface area contributed by atoms with E-state index in [0.717, 1.165) is 50.7 Å². The lowest BCUT2D eigenvalue weighted by molar-refractivity contribution is 0.193. The molecule has 0 spiro atoms. The predicted molar refractivity (Wildman–Crippen MR) is 117 cm³/mol. The molecule has 0 amide bonds. The summed E-state index contributed by atoms with van der Waals surface area (Å²) in [6, 6.07) is 14.5. The highest BCUT2D eigenvalue weighted by atomic mass is 127. The molecule has 6 heteroatoms. The Labute approximate surface area is 173 Å². The van der Waals surface area contributed by atoms with Gasteiger partial charge in [-0.05, 0) is 37.5 Å². The minimum absolute atomic E-state index is 0.